The Hall–Kier alpha value is -3.19. The Labute approximate surface area is 175 Å². The first-order valence-corrected chi connectivity index (χ1v) is 10.4. The summed E-state index contributed by atoms with van der Waals surface area (Å²) in [5.74, 6) is 0. The molecule has 4 rings (SSSR count). The monoisotopic (exact) mass is 405 g/mol. The van der Waals surface area contributed by atoms with E-state index in [0.29, 0.717) is 17.6 Å². The van der Waals surface area contributed by atoms with E-state index in [-0.39, 0.29) is 18.1 Å². The Kier molecular flexibility index (Phi) is 6.09. The van der Waals surface area contributed by atoms with Crippen molar-refractivity contribution in [3.05, 3.63) is 70.1 Å². The van der Waals surface area contributed by atoms with Crippen LogP contribution in [0, 0.1) is 6.92 Å². The molecular weight excluding hydrogens is 378 g/mol. The summed E-state index contributed by atoms with van der Waals surface area (Å²) in [6.45, 7) is 5.73. The van der Waals surface area contributed by atoms with Crippen LogP contribution in [-0.2, 0) is 13.1 Å². The molecule has 2 heterocycles. The van der Waals surface area contributed by atoms with E-state index in [0.717, 1.165) is 36.3 Å². The fraction of sp³-hybridized carbons (Fsp3) is 0.348. The summed E-state index contributed by atoms with van der Waals surface area (Å²) in [4.78, 5) is 27.6. The van der Waals surface area contributed by atoms with Crippen LogP contribution in [0.15, 0.2) is 53.3 Å². The molecule has 3 aromatic rings. The van der Waals surface area contributed by atoms with Gasteiger partial charge in [0.2, 0.25) is 0 Å². The number of nitrogens with zero attached hydrogens (tertiary/aromatic N) is 3. The molecule has 1 aliphatic heterocycles. The zero-order valence-corrected chi connectivity index (χ0v) is 17.2. The first-order valence-electron chi connectivity index (χ1n) is 10.4. The molecule has 1 saturated heterocycles. The Morgan fingerprint density at radius 1 is 1.03 bits per heavy atom. The van der Waals surface area contributed by atoms with Crippen molar-refractivity contribution in [2.45, 2.75) is 32.9 Å². The van der Waals surface area contributed by atoms with Gasteiger partial charge in [0.15, 0.2) is 0 Å². The molecule has 2 aromatic carbocycles. The number of anilines is 1. The maximum absolute atomic E-state index is 12.9. The summed E-state index contributed by atoms with van der Waals surface area (Å²) in [5, 5.41) is 11.7. The van der Waals surface area contributed by atoms with Crippen molar-refractivity contribution in [1.29, 1.82) is 0 Å². The van der Waals surface area contributed by atoms with Gasteiger partial charge in [-0.25, -0.2) is 9.48 Å². The summed E-state index contributed by atoms with van der Waals surface area (Å²) in [6.07, 6.45) is 2.43. The lowest BCUT2D eigenvalue weighted by Crippen LogP contribution is -2.33. The maximum Gasteiger partial charge on any atom is 0.319 e. The van der Waals surface area contributed by atoms with E-state index >= 15 is 0 Å². The minimum absolute atomic E-state index is 0.0854. The number of hydrogen-bond acceptors (Lipinski definition) is 4. The predicted octanol–water partition coefficient (Wildman–Crippen LogP) is 3.12. The highest BCUT2D eigenvalue weighted by Gasteiger charge is 2.14. The molecule has 1 aliphatic rings. The van der Waals surface area contributed by atoms with Crippen molar-refractivity contribution in [3.63, 3.8) is 0 Å². The van der Waals surface area contributed by atoms with Crippen molar-refractivity contribution in [2.75, 3.05) is 25.0 Å². The second kappa shape index (κ2) is 9.09. The SMILES string of the molecule is Cc1cccc(NC(=O)NCc2nn(CCN3CCCC3)c(=O)c3ccccc23)c1. The average Bonchev–Trinajstić information content (AvgIpc) is 3.26. The fourth-order valence-electron chi connectivity index (χ4n) is 3.89. The Balaban J connectivity index is 1.51. The summed E-state index contributed by atoms with van der Waals surface area (Å²) in [6, 6.07) is 14.8. The summed E-state index contributed by atoms with van der Waals surface area (Å²) in [5.41, 5.74) is 2.41. The van der Waals surface area contributed by atoms with Crippen LogP contribution >= 0.6 is 0 Å². The van der Waals surface area contributed by atoms with Gasteiger partial charge in [-0.1, -0.05) is 30.3 Å². The Morgan fingerprint density at radius 2 is 1.80 bits per heavy atom. The summed E-state index contributed by atoms with van der Waals surface area (Å²) < 4.78 is 1.54. The van der Waals surface area contributed by atoms with Crippen molar-refractivity contribution in [1.82, 2.24) is 20.0 Å². The van der Waals surface area contributed by atoms with Crippen LogP contribution in [0.4, 0.5) is 10.5 Å². The second-order valence-electron chi connectivity index (χ2n) is 7.75. The van der Waals surface area contributed by atoms with Gasteiger partial charge < -0.3 is 15.5 Å². The molecule has 0 aliphatic carbocycles. The molecule has 1 fully saturated rings. The molecule has 0 spiro atoms. The van der Waals surface area contributed by atoms with E-state index in [1.165, 1.54) is 17.5 Å². The predicted molar refractivity (Wildman–Crippen MR) is 119 cm³/mol. The van der Waals surface area contributed by atoms with Gasteiger partial charge in [-0.15, -0.1) is 0 Å². The number of amides is 2. The lowest BCUT2D eigenvalue weighted by atomic mass is 10.1. The minimum Gasteiger partial charge on any atom is -0.332 e. The highest BCUT2D eigenvalue weighted by molar-refractivity contribution is 5.90. The van der Waals surface area contributed by atoms with Gasteiger partial charge in [-0.3, -0.25) is 4.79 Å². The molecule has 7 heteroatoms. The number of carbonyl (C=O) groups is 1. The van der Waals surface area contributed by atoms with Crippen molar-refractivity contribution in [2.24, 2.45) is 0 Å². The van der Waals surface area contributed by atoms with Crippen LogP contribution in [0.3, 0.4) is 0 Å². The van der Waals surface area contributed by atoms with Crippen LogP contribution in [-0.4, -0.2) is 40.3 Å². The van der Waals surface area contributed by atoms with Gasteiger partial charge in [0.1, 0.15) is 0 Å². The third kappa shape index (κ3) is 4.68. The molecular formula is C23H27N5O2. The zero-order valence-electron chi connectivity index (χ0n) is 17.2. The topological polar surface area (TPSA) is 79.3 Å². The Morgan fingerprint density at radius 3 is 2.57 bits per heavy atom. The minimum atomic E-state index is -0.304. The molecule has 0 saturated carbocycles. The summed E-state index contributed by atoms with van der Waals surface area (Å²) >= 11 is 0. The van der Waals surface area contributed by atoms with Crippen LogP contribution in [0.2, 0.25) is 0 Å². The molecule has 7 nitrogen and oxygen atoms in total. The average molecular weight is 406 g/mol. The first-order chi connectivity index (χ1) is 14.6. The maximum atomic E-state index is 12.9. The van der Waals surface area contributed by atoms with Crippen LogP contribution in [0.5, 0.6) is 0 Å². The molecule has 30 heavy (non-hydrogen) atoms. The standard InChI is InChI=1S/C23H27N5O2/c1-17-7-6-8-18(15-17)25-23(30)24-16-21-19-9-2-3-10-20(19)22(29)28(26-21)14-13-27-11-4-5-12-27/h2-3,6-10,15H,4-5,11-14,16H2,1H3,(H2,24,25,30). The first kappa shape index (κ1) is 20.1. The van der Waals surface area contributed by atoms with E-state index in [1.807, 2.05) is 55.5 Å². The lowest BCUT2D eigenvalue weighted by Gasteiger charge is -2.16. The van der Waals surface area contributed by atoms with E-state index in [2.05, 4.69) is 20.6 Å². The van der Waals surface area contributed by atoms with Crippen LogP contribution in [0.25, 0.3) is 10.8 Å². The van der Waals surface area contributed by atoms with E-state index in [1.54, 1.807) is 0 Å². The number of aromatic nitrogens is 2. The normalized spacial score (nSPS) is 14.2. The quantitative estimate of drug-likeness (QED) is 0.660. The number of rotatable bonds is 6. The van der Waals surface area contributed by atoms with E-state index in [9.17, 15) is 9.59 Å². The largest absolute Gasteiger partial charge is 0.332 e. The Bertz CT molecular complexity index is 1100. The number of hydrogen-bond donors (Lipinski definition) is 2. The molecule has 156 valence electrons. The number of aryl methyl sites for hydroxylation is 1. The van der Waals surface area contributed by atoms with Gasteiger partial charge in [0.05, 0.1) is 24.2 Å². The van der Waals surface area contributed by atoms with Crippen molar-refractivity contribution < 1.29 is 4.79 Å². The molecule has 1 aromatic heterocycles. The van der Waals surface area contributed by atoms with Crippen molar-refractivity contribution >= 4 is 22.5 Å². The summed E-state index contributed by atoms with van der Waals surface area (Å²) in [7, 11) is 0. The lowest BCUT2D eigenvalue weighted by molar-refractivity contribution is 0.251. The molecule has 2 amide bonds. The third-order valence-electron chi connectivity index (χ3n) is 5.46. The molecule has 2 N–H and O–H groups in total. The third-order valence-corrected chi connectivity index (χ3v) is 5.46. The van der Waals surface area contributed by atoms with Crippen molar-refractivity contribution in [3.8, 4) is 0 Å². The molecule has 0 radical (unpaired) electrons. The van der Waals surface area contributed by atoms with Gasteiger partial charge in [0, 0.05) is 17.6 Å². The number of benzene rings is 2. The van der Waals surface area contributed by atoms with Gasteiger partial charge >= 0.3 is 6.03 Å². The van der Waals surface area contributed by atoms with Crippen LogP contribution < -0.4 is 16.2 Å². The number of nitrogens with one attached hydrogen (secondary N) is 2. The number of fused-ring (bicyclic) bond motifs is 1. The van der Waals surface area contributed by atoms with Gasteiger partial charge in [0.25, 0.3) is 5.56 Å². The van der Waals surface area contributed by atoms with E-state index < -0.39 is 0 Å². The highest BCUT2D eigenvalue weighted by Crippen LogP contribution is 2.14. The highest BCUT2D eigenvalue weighted by atomic mass is 16.2. The zero-order chi connectivity index (χ0) is 20.9. The van der Waals surface area contributed by atoms with Crippen LogP contribution in [0.1, 0.15) is 24.1 Å². The van der Waals surface area contributed by atoms with Gasteiger partial charge in [-0.2, -0.15) is 5.10 Å². The fourth-order valence-corrected chi connectivity index (χ4v) is 3.89. The second-order valence-corrected chi connectivity index (χ2v) is 7.75. The number of likely N-dealkylation sites (tertiary alicyclic amines) is 1. The molecule has 0 unspecified atom stereocenters. The number of urea groups is 1. The molecule has 0 bridgehead atoms. The van der Waals surface area contributed by atoms with E-state index in [4.69, 9.17) is 0 Å². The molecule has 0 atom stereocenters. The number of carbonyl (C=O) groups excluding carboxylic acids is 1. The van der Waals surface area contributed by atoms with Gasteiger partial charge in [-0.05, 0) is 56.6 Å². The smallest absolute Gasteiger partial charge is 0.319 e.